The van der Waals surface area contributed by atoms with Gasteiger partial charge in [-0.2, -0.15) is 4.31 Å². The molecule has 1 aliphatic rings. The van der Waals surface area contributed by atoms with Gasteiger partial charge in [0.2, 0.25) is 10.0 Å². The fourth-order valence-corrected chi connectivity index (χ4v) is 6.77. The van der Waals surface area contributed by atoms with Gasteiger partial charge in [0.25, 0.3) is 0 Å². The molecule has 1 aromatic heterocycles. The van der Waals surface area contributed by atoms with E-state index in [1.165, 1.54) is 27.8 Å². The van der Waals surface area contributed by atoms with Crippen molar-refractivity contribution in [3.8, 4) is 17.0 Å². The number of aryl methyl sites for hydroxylation is 1. The first-order valence-electron chi connectivity index (χ1n) is 12.5. The average molecular weight is 687 g/mol. The van der Waals surface area contributed by atoms with Crippen LogP contribution < -0.4 is 9.54 Å². The summed E-state index contributed by atoms with van der Waals surface area (Å²) in [5, 5.41) is 1.97. The van der Waals surface area contributed by atoms with Gasteiger partial charge >= 0.3 is 5.57 Å². The minimum atomic E-state index is -3.79. The fraction of sp³-hybridized carbons (Fsp3) is 0.250. The molecule has 1 saturated heterocycles. The highest BCUT2D eigenvalue weighted by molar-refractivity contribution is 8.93. The molecule has 2 heterocycles. The van der Waals surface area contributed by atoms with Crippen LogP contribution in [0.3, 0.4) is 0 Å². The maximum Gasteiger partial charge on any atom is 0.487 e. The number of thiazole rings is 1. The molecule has 0 bridgehead atoms. The Balaban J connectivity index is 0.00000387. The Bertz CT molecular complexity index is 1600. The summed E-state index contributed by atoms with van der Waals surface area (Å²) in [6, 6.07) is 22.8. The zero-order valence-electron chi connectivity index (χ0n) is 21.7. The van der Waals surface area contributed by atoms with E-state index >= 15 is 0 Å². The standard InChI is InChI=1S/C28H26ClF2N3O4S2.BrH/c29-28(30,31)38-24-10-8-23(9-11-24)32-27-34(15-14-21-4-2-1-3-5-21)26(20-39-27)22-6-12-25(13-7-22)40(35,36)33-16-18-37-19-17-33;/h1-13,20H,14-19H2;1H. The zero-order chi connectivity index (χ0) is 28.2. The van der Waals surface area contributed by atoms with Gasteiger partial charge in [-0.05, 0) is 53.9 Å². The third kappa shape index (κ3) is 8.02. The van der Waals surface area contributed by atoms with Crippen LogP contribution in [0, 0.1) is 0 Å². The number of aromatic nitrogens is 1. The summed E-state index contributed by atoms with van der Waals surface area (Å²) >= 11 is 6.29. The molecule has 0 radical (unpaired) electrons. The lowest BCUT2D eigenvalue weighted by atomic mass is 10.1. The molecule has 5 rings (SSSR count). The molecule has 0 atom stereocenters. The summed E-state index contributed by atoms with van der Waals surface area (Å²) < 4.78 is 65.2. The van der Waals surface area contributed by atoms with E-state index in [4.69, 9.17) is 21.3 Å². The molecule has 0 amide bonds. The predicted octanol–water partition coefficient (Wildman–Crippen LogP) is 6.46. The third-order valence-electron chi connectivity index (χ3n) is 6.32. The van der Waals surface area contributed by atoms with Crippen LogP contribution in [0.1, 0.15) is 5.56 Å². The second-order valence-corrected chi connectivity index (χ2v) is 12.2. The molecule has 0 aliphatic carbocycles. The molecule has 218 valence electrons. The zero-order valence-corrected chi connectivity index (χ0v) is 25.8. The second-order valence-electron chi connectivity index (χ2n) is 8.99. The van der Waals surface area contributed by atoms with Crippen LogP contribution in [0.25, 0.3) is 11.3 Å². The van der Waals surface area contributed by atoms with Crippen molar-refractivity contribution in [1.29, 1.82) is 0 Å². The SMILES string of the molecule is Br.O=S(=O)(c1ccc(-c2csc(=Nc3ccc(OC(F)(F)Cl)cc3)n2CCc2ccccc2)cc1)N1CCOCC1. The van der Waals surface area contributed by atoms with E-state index in [1.54, 1.807) is 36.4 Å². The van der Waals surface area contributed by atoms with E-state index in [9.17, 15) is 17.2 Å². The van der Waals surface area contributed by atoms with Crippen LogP contribution in [-0.4, -0.2) is 49.2 Å². The maximum absolute atomic E-state index is 13.1. The predicted molar refractivity (Wildman–Crippen MR) is 161 cm³/mol. The summed E-state index contributed by atoms with van der Waals surface area (Å²) in [4.78, 5) is 5.68. The van der Waals surface area contributed by atoms with Crippen LogP contribution in [-0.2, 0) is 27.7 Å². The number of hydrogen-bond acceptors (Lipinski definition) is 6. The van der Waals surface area contributed by atoms with Gasteiger partial charge in [0.15, 0.2) is 4.80 Å². The van der Waals surface area contributed by atoms with Gasteiger partial charge in [0.05, 0.1) is 29.5 Å². The van der Waals surface area contributed by atoms with E-state index in [2.05, 4.69) is 21.4 Å². The Labute approximate surface area is 256 Å². The minimum Gasteiger partial charge on any atom is -0.420 e. The monoisotopic (exact) mass is 685 g/mol. The molecular formula is C28H27BrClF2N3O4S2. The van der Waals surface area contributed by atoms with Gasteiger partial charge in [-0.25, -0.2) is 13.4 Å². The van der Waals surface area contributed by atoms with Gasteiger partial charge < -0.3 is 14.0 Å². The highest BCUT2D eigenvalue weighted by Crippen LogP contribution is 2.28. The first-order valence-corrected chi connectivity index (χ1v) is 15.2. The number of hydrogen-bond donors (Lipinski definition) is 0. The second kappa shape index (κ2) is 13.6. The van der Waals surface area contributed by atoms with Gasteiger partial charge in [-0.3, -0.25) is 0 Å². The summed E-state index contributed by atoms with van der Waals surface area (Å²) in [6.45, 7) is 2.06. The van der Waals surface area contributed by atoms with E-state index in [1.807, 2.05) is 23.6 Å². The third-order valence-corrected chi connectivity index (χ3v) is 9.17. The van der Waals surface area contributed by atoms with E-state index < -0.39 is 15.6 Å². The van der Waals surface area contributed by atoms with Crippen LogP contribution in [0.4, 0.5) is 14.5 Å². The Morgan fingerprint density at radius 2 is 1.63 bits per heavy atom. The van der Waals surface area contributed by atoms with Gasteiger partial charge in [0.1, 0.15) is 5.75 Å². The summed E-state index contributed by atoms with van der Waals surface area (Å²) in [6.07, 6.45) is 0.749. The van der Waals surface area contributed by atoms with Crippen LogP contribution in [0.15, 0.2) is 94.1 Å². The van der Waals surface area contributed by atoms with Crippen molar-refractivity contribution in [2.45, 2.75) is 23.4 Å². The van der Waals surface area contributed by atoms with Gasteiger partial charge in [-0.15, -0.1) is 37.1 Å². The van der Waals surface area contributed by atoms with Crippen molar-refractivity contribution in [3.05, 3.63) is 94.6 Å². The van der Waals surface area contributed by atoms with Crippen LogP contribution >= 0.6 is 39.9 Å². The van der Waals surface area contributed by atoms with Crippen molar-refractivity contribution in [2.24, 2.45) is 4.99 Å². The first kappa shape index (κ1) is 31.3. The van der Waals surface area contributed by atoms with Crippen molar-refractivity contribution < 1.29 is 26.7 Å². The molecule has 0 saturated carbocycles. The minimum absolute atomic E-state index is 0. The molecule has 4 aromatic rings. The Morgan fingerprint density at radius 3 is 2.27 bits per heavy atom. The van der Waals surface area contributed by atoms with Crippen molar-refractivity contribution >= 4 is 55.6 Å². The number of benzene rings is 3. The van der Waals surface area contributed by atoms with Gasteiger partial charge in [-0.1, -0.05) is 42.5 Å². The number of sulfonamides is 1. The number of ether oxygens (including phenoxy) is 2. The Kier molecular flexibility index (Phi) is 10.4. The van der Waals surface area contributed by atoms with Crippen molar-refractivity contribution in [1.82, 2.24) is 8.87 Å². The largest absolute Gasteiger partial charge is 0.487 e. The first-order chi connectivity index (χ1) is 19.2. The lowest BCUT2D eigenvalue weighted by molar-refractivity contribution is -0.0964. The van der Waals surface area contributed by atoms with E-state index in [-0.39, 0.29) is 27.6 Å². The molecule has 7 nitrogen and oxygen atoms in total. The smallest absolute Gasteiger partial charge is 0.420 e. The lowest BCUT2D eigenvalue weighted by Crippen LogP contribution is -2.40. The molecular weight excluding hydrogens is 660 g/mol. The van der Waals surface area contributed by atoms with E-state index in [0.29, 0.717) is 43.3 Å². The summed E-state index contributed by atoms with van der Waals surface area (Å²) in [5.74, 6) is -0.0742. The molecule has 1 aliphatic heterocycles. The Hall–Kier alpha value is -2.61. The van der Waals surface area contributed by atoms with Crippen molar-refractivity contribution in [2.75, 3.05) is 26.3 Å². The molecule has 3 aromatic carbocycles. The number of alkyl halides is 3. The maximum atomic E-state index is 13.1. The number of nitrogens with zero attached hydrogens (tertiary/aromatic N) is 3. The molecule has 0 spiro atoms. The molecule has 41 heavy (non-hydrogen) atoms. The Morgan fingerprint density at radius 1 is 0.976 bits per heavy atom. The number of rotatable bonds is 9. The molecule has 0 unspecified atom stereocenters. The van der Waals surface area contributed by atoms with Crippen LogP contribution in [0.2, 0.25) is 0 Å². The topological polar surface area (TPSA) is 73.1 Å². The van der Waals surface area contributed by atoms with Crippen LogP contribution in [0.5, 0.6) is 5.75 Å². The molecule has 1 fully saturated rings. The summed E-state index contributed by atoms with van der Waals surface area (Å²) in [5.41, 5.74) is -0.345. The average Bonchev–Trinajstić information content (AvgIpc) is 3.35. The van der Waals surface area contributed by atoms with E-state index in [0.717, 1.165) is 23.2 Å². The number of morpholine rings is 1. The summed E-state index contributed by atoms with van der Waals surface area (Å²) in [7, 11) is -3.60. The highest BCUT2D eigenvalue weighted by atomic mass is 79.9. The van der Waals surface area contributed by atoms with Gasteiger partial charge in [0, 0.05) is 36.6 Å². The number of halogens is 4. The normalized spacial score (nSPS) is 15.0. The highest BCUT2D eigenvalue weighted by Gasteiger charge is 2.28. The quantitative estimate of drug-likeness (QED) is 0.190. The lowest BCUT2D eigenvalue weighted by Gasteiger charge is -2.26. The molecule has 0 N–H and O–H groups in total. The van der Waals surface area contributed by atoms with Crippen molar-refractivity contribution in [3.63, 3.8) is 0 Å². The fourth-order valence-electron chi connectivity index (χ4n) is 4.32. The molecule has 13 heteroatoms.